The summed E-state index contributed by atoms with van der Waals surface area (Å²) in [6.45, 7) is 6.98. The van der Waals surface area contributed by atoms with E-state index in [0.29, 0.717) is 12.0 Å². The van der Waals surface area contributed by atoms with Gasteiger partial charge in [-0.25, -0.2) is 9.37 Å². The van der Waals surface area contributed by atoms with Crippen LogP contribution in [-0.4, -0.2) is 45.2 Å². The van der Waals surface area contributed by atoms with E-state index in [1.54, 1.807) is 12.1 Å². The fourth-order valence-electron chi connectivity index (χ4n) is 5.00. The van der Waals surface area contributed by atoms with Gasteiger partial charge in [-0.1, -0.05) is 25.8 Å². The molecule has 3 aromatic rings. The van der Waals surface area contributed by atoms with Gasteiger partial charge in [-0.05, 0) is 67.5 Å². The van der Waals surface area contributed by atoms with Crippen molar-refractivity contribution in [3.8, 4) is 10.7 Å². The summed E-state index contributed by atoms with van der Waals surface area (Å²) >= 11 is 1.35. The molecule has 1 saturated heterocycles. The van der Waals surface area contributed by atoms with Gasteiger partial charge in [-0.15, -0.1) is 10.2 Å². The van der Waals surface area contributed by atoms with Crippen LogP contribution < -0.4 is 9.80 Å². The lowest BCUT2D eigenvalue weighted by Gasteiger charge is -2.38. The number of nitrogens with zero attached hydrogens (tertiary/aromatic N) is 6. The minimum absolute atomic E-state index is 0.136. The fraction of sp³-hybridized carbons (Fsp3) is 0.500. The van der Waals surface area contributed by atoms with E-state index in [-0.39, 0.29) is 5.82 Å². The van der Waals surface area contributed by atoms with Crippen molar-refractivity contribution in [1.82, 2.24) is 19.6 Å². The Morgan fingerprint density at radius 1 is 1.12 bits per heavy atom. The lowest BCUT2D eigenvalue weighted by Crippen LogP contribution is -2.45. The van der Waals surface area contributed by atoms with Gasteiger partial charge in [-0.3, -0.25) is 0 Å². The average Bonchev–Trinajstić information content (AvgIpc) is 3.41. The van der Waals surface area contributed by atoms with E-state index >= 15 is 0 Å². The van der Waals surface area contributed by atoms with E-state index in [0.717, 1.165) is 60.5 Å². The van der Waals surface area contributed by atoms with Crippen LogP contribution in [0.2, 0.25) is 0 Å². The Labute approximate surface area is 192 Å². The van der Waals surface area contributed by atoms with E-state index in [1.165, 1.54) is 36.4 Å². The standard InChI is InChI=1S/C24H29FN6S/c1-3-4-5-17-15-31(22-14-18(25)6-7-20(17)22)19-10-12-30(13-11-19)23-9-8-21(27-28-23)24-26-16(2)29-32-24/h6-9,14,17,19H,3-5,10-13,15H2,1-2H3. The molecule has 0 amide bonds. The summed E-state index contributed by atoms with van der Waals surface area (Å²) in [7, 11) is 0. The van der Waals surface area contributed by atoms with Gasteiger partial charge in [0.2, 0.25) is 0 Å². The molecule has 1 fully saturated rings. The first kappa shape index (κ1) is 21.2. The highest BCUT2D eigenvalue weighted by Crippen LogP contribution is 2.42. The quantitative estimate of drug-likeness (QED) is 0.512. The van der Waals surface area contributed by atoms with E-state index in [1.807, 2.05) is 25.1 Å². The third kappa shape index (κ3) is 4.20. The Morgan fingerprint density at radius 3 is 2.66 bits per heavy atom. The van der Waals surface area contributed by atoms with Crippen molar-refractivity contribution in [3.05, 3.63) is 47.5 Å². The maximum absolute atomic E-state index is 14.1. The van der Waals surface area contributed by atoms with Crippen LogP contribution in [-0.2, 0) is 0 Å². The van der Waals surface area contributed by atoms with Crippen LogP contribution in [0.5, 0.6) is 0 Å². The second kappa shape index (κ2) is 9.10. The average molecular weight is 453 g/mol. The maximum atomic E-state index is 14.1. The summed E-state index contributed by atoms with van der Waals surface area (Å²) in [6, 6.07) is 9.82. The molecule has 2 aliphatic rings. The second-order valence-corrected chi connectivity index (χ2v) is 9.59. The van der Waals surface area contributed by atoms with Crippen molar-refractivity contribution in [3.63, 3.8) is 0 Å². The van der Waals surface area contributed by atoms with Gasteiger partial charge in [0.25, 0.3) is 0 Å². The second-order valence-electron chi connectivity index (χ2n) is 8.84. The van der Waals surface area contributed by atoms with Crippen molar-refractivity contribution in [1.29, 1.82) is 0 Å². The van der Waals surface area contributed by atoms with E-state index < -0.39 is 0 Å². The number of aryl methyl sites for hydroxylation is 1. The monoisotopic (exact) mass is 452 g/mol. The molecule has 8 heteroatoms. The van der Waals surface area contributed by atoms with Crippen LogP contribution in [0.25, 0.3) is 10.7 Å². The molecular weight excluding hydrogens is 423 g/mol. The SMILES string of the molecule is CCCCC1CN(C2CCN(c3ccc(-c4nc(C)ns4)nn3)CC2)c2cc(F)ccc21. The molecule has 168 valence electrons. The smallest absolute Gasteiger partial charge is 0.164 e. The molecule has 2 aromatic heterocycles. The number of aromatic nitrogens is 4. The molecule has 1 atom stereocenters. The minimum Gasteiger partial charge on any atom is -0.367 e. The number of unbranched alkanes of at least 4 members (excludes halogenated alkanes) is 1. The van der Waals surface area contributed by atoms with Gasteiger partial charge in [-0.2, -0.15) is 4.37 Å². The highest BCUT2D eigenvalue weighted by Gasteiger charge is 2.34. The Hall–Kier alpha value is -2.61. The van der Waals surface area contributed by atoms with Gasteiger partial charge >= 0.3 is 0 Å². The molecule has 0 radical (unpaired) electrons. The van der Waals surface area contributed by atoms with Gasteiger partial charge < -0.3 is 9.80 Å². The minimum atomic E-state index is -0.136. The van der Waals surface area contributed by atoms with Gasteiger partial charge in [0.1, 0.15) is 17.3 Å². The lowest BCUT2D eigenvalue weighted by atomic mass is 9.96. The van der Waals surface area contributed by atoms with Crippen LogP contribution in [0, 0.1) is 12.7 Å². The normalized spacial score (nSPS) is 18.9. The van der Waals surface area contributed by atoms with Crippen molar-refractivity contribution >= 4 is 23.0 Å². The number of anilines is 2. The molecule has 1 aromatic carbocycles. The number of hydrogen-bond donors (Lipinski definition) is 0. The molecule has 6 nitrogen and oxygen atoms in total. The van der Waals surface area contributed by atoms with Crippen LogP contribution >= 0.6 is 11.5 Å². The highest BCUT2D eigenvalue weighted by molar-refractivity contribution is 7.09. The molecule has 2 aliphatic heterocycles. The first-order valence-electron chi connectivity index (χ1n) is 11.6. The number of piperidine rings is 1. The predicted molar refractivity (Wildman–Crippen MR) is 127 cm³/mol. The topological polar surface area (TPSA) is 58.0 Å². The summed E-state index contributed by atoms with van der Waals surface area (Å²) in [6.07, 6.45) is 5.68. The third-order valence-electron chi connectivity index (χ3n) is 6.69. The van der Waals surface area contributed by atoms with E-state index in [4.69, 9.17) is 0 Å². The highest BCUT2D eigenvalue weighted by atomic mass is 32.1. The van der Waals surface area contributed by atoms with Crippen LogP contribution in [0.1, 0.15) is 56.3 Å². The molecule has 0 saturated carbocycles. The van der Waals surface area contributed by atoms with Crippen molar-refractivity contribution in [2.24, 2.45) is 0 Å². The molecule has 4 heterocycles. The summed E-state index contributed by atoms with van der Waals surface area (Å²) < 4.78 is 18.3. The van der Waals surface area contributed by atoms with Crippen LogP contribution in [0.3, 0.4) is 0 Å². The van der Waals surface area contributed by atoms with Crippen molar-refractivity contribution < 1.29 is 4.39 Å². The van der Waals surface area contributed by atoms with Gasteiger partial charge in [0, 0.05) is 37.3 Å². The molecule has 0 N–H and O–H groups in total. The molecular formula is C24H29FN6S. The molecule has 0 bridgehead atoms. The summed E-state index contributed by atoms with van der Waals surface area (Å²) in [4.78, 5) is 9.16. The Balaban J connectivity index is 1.25. The summed E-state index contributed by atoms with van der Waals surface area (Å²) in [5.41, 5.74) is 3.21. The molecule has 1 unspecified atom stereocenters. The van der Waals surface area contributed by atoms with Gasteiger partial charge in [0.05, 0.1) is 0 Å². The Morgan fingerprint density at radius 2 is 1.97 bits per heavy atom. The van der Waals surface area contributed by atoms with Crippen LogP contribution in [0.4, 0.5) is 15.9 Å². The largest absolute Gasteiger partial charge is 0.367 e. The number of halogens is 1. The molecule has 32 heavy (non-hydrogen) atoms. The number of benzene rings is 1. The third-order valence-corrected chi connectivity index (χ3v) is 7.52. The summed E-state index contributed by atoms with van der Waals surface area (Å²) in [5.74, 6) is 2.05. The zero-order chi connectivity index (χ0) is 22.1. The number of rotatable bonds is 6. The van der Waals surface area contributed by atoms with Crippen molar-refractivity contribution in [2.45, 2.75) is 57.9 Å². The zero-order valence-corrected chi connectivity index (χ0v) is 19.5. The first-order valence-corrected chi connectivity index (χ1v) is 12.3. The Kier molecular flexibility index (Phi) is 6.04. The maximum Gasteiger partial charge on any atom is 0.164 e. The summed E-state index contributed by atoms with van der Waals surface area (Å²) in [5, 5.41) is 9.64. The molecule has 5 rings (SSSR count). The van der Waals surface area contributed by atoms with Crippen LogP contribution in [0.15, 0.2) is 30.3 Å². The Bertz CT molecular complexity index is 1060. The zero-order valence-electron chi connectivity index (χ0n) is 18.7. The van der Waals surface area contributed by atoms with Crippen molar-refractivity contribution in [2.75, 3.05) is 29.4 Å². The van der Waals surface area contributed by atoms with E-state index in [9.17, 15) is 4.39 Å². The van der Waals surface area contributed by atoms with E-state index in [2.05, 4.69) is 36.3 Å². The number of hydrogen-bond acceptors (Lipinski definition) is 7. The first-order chi connectivity index (χ1) is 15.6. The molecule has 0 spiro atoms. The lowest BCUT2D eigenvalue weighted by molar-refractivity contribution is 0.456. The predicted octanol–water partition coefficient (Wildman–Crippen LogP) is 5.21. The number of fused-ring (bicyclic) bond motifs is 1. The molecule has 0 aliphatic carbocycles. The fourth-order valence-corrected chi connectivity index (χ4v) is 5.64. The van der Waals surface area contributed by atoms with Gasteiger partial charge in [0.15, 0.2) is 10.8 Å².